The molecular weight excluding hydrogens is 504 g/mol. The number of carbonyl (C=O) groups excluding carboxylic acids is 3. The quantitative estimate of drug-likeness (QED) is 0.249. The maximum Gasteiger partial charge on any atom is 0.338 e. The smallest absolute Gasteiger partial charge is 0.338 e. The van der Waals surface area contributed by atoms with E-state index < -0.39 is 18.5 Å². The maximum absolute atomic E-state index is 12.9. The number of aryl methyl sites for hydroxylation is 1. The third-order valence-electron chi connectivity index (χ3n) is 4.99. The molecule has 6 nitrogen and oxygen atoms in total. The summed E-state index contributed by atoms with van der Waals surface area (Å²) in [7, 11) is 0. The summed E-state index contributed by atoms with van der Waals surface area (Å²) in [5.41, 5.74) is 3.35. The van der Waals surface area contributed by atoms with Gasteiger partial charge in [0.1, 0.15) is 0 Å². The van der Waals surface area contributed by atoms with E-state index in [9.17, 15) is 14.4 Å². The molecule has 0 aromatic heterocycles. The lowest BCUT2D eigenvalue weighted by Crippen LogP contribution is -2.27. The number of ether oxygens (including phenoxy) is 1. The Labute approximate surface area is 216 Å². The molecule has 0 spiro atoms. The van der Waals surface area contributed by atoms with E-state index in [2.05, 4.69) is 5.32 Å². The van der Waals surface area contributed by atoms with Crippen LogP contribution in [0.2, 0.25) is 5.02 Å². The van der Waals surface area contributed by atoms with Crippen LogP contribution in [0, 0.1) is 6.92 Å². The van der Waals surface area contributed by atoms with Gasteiger partial charge in [0.15, 0.2) is 10.9 Å². The number of hydrogen-bond donors (Lipinski definition) is 1. The van der Waals surface area contributed by atoms with E-state index in [4.69, 9.17) is 28.6 Å². The number of nitrogens with zero attached hydrogens (tertiary/aromatic N) is 1. The molecule has 0 aliphatic carbocycles. The minimum absolute atomic E-state index is 0.231. The Morgan fingerprint density at radius 2 is 1.69 bits per heavy atom. The van der Waals surface area contributed by atoms with Crippen molar-refractivity contribution in [1.82, 2.24) is 0 Å². The van der Waals surface area contributed by atoms with Gasteiger partial charge in [0.25, 0.3) is 11.8 Å². The van der Waals surface area contributed by atoms with Crippen molar-refractivity contribution < 1.29 is 19.1 Å². The zero-order valence-electron chi connectivity index (χ0n) is 18.5. The van der Waals surface area contributed by atoms with Gasteiger partial charge in [-0.1, -0.05) is 65.4 Å². The highest BCUT2D eigenvalue weighted by Gasteiger charge is 2.33. The lowest BCUT2D eigenvalue weighted by atomic mass is 10.1. The normalized spacial score (nSPS) is 14.3. The minimum atomic E-state index is -0.621. The number of esters is 1. The second-order valence-electron chi connectivity index (χ2n) is 7.61. The molecule has 1 aliphatic heterocycles. The molecule has 0 saturated carbocycles. The van der Waals surface area contributed by atoms with Crippen LogP contribution >= 0.6 is 35.6 Å². The predicted octanol–water partition coefficient (Wildman–Crippen LogP) is 5.85. The summed E-state index contributed by atoms with van der Waals surface area (Å²) in [6.45, 7) is 1.55. The largest absolute Gasteiger partial charge is 0.452 e. The van der Waals surface area contributed by atoms with E-state index in [1.807, 2.05) is 19.1 Å². The molecule has 1 heterocycles. The lowest BCUT2D eigenvalue weighted by molar-refractivity contribution is -0.119. The number of nitrogens with one attached hydrogen (secondary N) is 1. The molecule has 0 radical (unpaired) electrons. The fourth-order valence-corrected chi connectivity index (χ4v) is 4.62. The molecule has 3 aromatic carbocycles. The van der Waals surface area contributed by atoms with E-state index >= 15 is 0 Å². The topological polar surface area (TPSA) is 75.7 Å². The van der Waals surface area contributed by atoms with Crippen molar-refractivity contribution in [2.75, 3.05) is 16.8 Å². The summed E-state index contributed by atoms with van der Waals surface area (Å²) in [5.74, 6) is -1.28. The molecular formula is C26H19ClN2O4S2. The highest BCUT2D eigenvalue weighted by molar-refractivity contribution is 8.27. The van der Waals surface area contributed by atoms with E-state index in [1.165, 1.54) is 16.7 Å². The van der Waals surface area contributed by atoms with Crippen LogP contribution in [-0.2, 0) is 14.3 Å². The Morgan fingerprint density at radius 1 is 1.03 bits per heavy atom. The van der Waals surface area contributed by atoms with Gasteiger partial charge in [0.05, 0.1) is 16.2 Å². The molecule has 9 heteroatoms. The molecule has 1 fully saturated rings. The van der Waals surface area contributed by atoms with Gasteiger partial charge in [-0.2, -0.15) is 0 Å². The van der Waals surface area contributed by atoms with Gasteiger partial charge in [-0.3, -0.25) is 14.5 Å². The second-order valence-corrected chi connectivity index (χ2v) is 9.72. The van der Waals surface area contributed by atoms with Crippen LogP contribution in [-0.4, -0.2) is 28.7 Å². The van der Waals surface area contributed by atoms with Crippen LogP contribution in [0.1, 0.15) is 21.5 Å². The number of anilines is 2. The van der Waals surface area contributed by atoms with Crippen LogP contribution in [0.25, 0.3) is 6.08 Å². The molecule has 35 heavy (non-hydrogen) atoms. The van der Waals surface area contributed by atoms with Crippen molar-refractivity contribution in [3.63, 3.8) is 0 Å². The average Bonchev–Trinajstić information content (AvgIpc) is 3.12. The number of thioether (sulfide) groups is 1. The van der Waals surface area contributed by atoms with Crippen LogP contribution in [0.3, 0.4) is 0 Å². The highest BCUT2D eigenvalue weighted by atomic mass is 35.5. The number of thiocarbonyl (C=S) groups is 1. The van der Waals surface area contributed by atoms with Crippen molar-refractivity contribution >= 4 is 75.1 Å². The van der Waals surface area contributed by atoms with E-state index in [1.54, 1.807) is 66.7 Å². The SMILES string of the molecule is Cc1ccc(NC(=O)COC(=O)c2ccc(/C=C3/SC(=S)N(c4ccc(Cl)cc4)C3=O)cc2)cc1. The summed E-state index contributed by atoms with van der Waals surface area (Å²) < 4.78 is 5.53. The molecule has 2 amide bonds. The average molecular weight is 523 g/mol. The summed E-state index contributed by atoms with van der Waals surface area (Å²) >= 11 is 12.5. The fourth-order valence-electron chi connectivity index (χ4n) is 3.20. The van der Waals surface area contributed by atoms with E-state index in [0.29, 0.717) is 31.2 Å². The Hall–Kier alpha value is -3.46. The van der Waals surface area contributed by atoms with Gasteiger partial charge < -0.3 is 10.1 Å². The van der Waals surface area contributed by atoms with Gasteiger partial charge >= 0.3 is 5.97 Å². The molecule has 0 bridgehead atoms. The van der Waals surface area contributed by atoms with Gasteiger partial charge in [-0.15, -0.1) is 0 Å². The summed E-state index contributed by atoms with van der Waals surface area (Å²) in [6.07, 6.45) is 1.71. The maximum atomic E-state index is 12.9. The first-order valence-electron chi connectivity index (χ1n) is 10.5. The molecule has 3 aromatic rings. The monoisotopic (exact) mass is 522 g/mol. The fraction of sp³-hybridized carbons (Fsp3) is 0.0769. The zero-order valence-corrected chi connectivity index (χ0v) is 20.9. The van der Waals surface area contributed by atoms with Gasteiger partial charge in [0.2, 0.25) is 0 Å². The second kappa shape index (κ2) is 10.9. The summed E-state index contributed by atoms with van der Waals surface area (Å²) in [6, 6.07) is 20.7. The van der Waals surface area contributed by atoms with Crippen molar-refractivity contribution in [1.29, 1.82) is 0 Å². The number of amides is 2. The van der Waals surface area contributed by atoms with Crippen LogP contribution in [0.4, 0.5) is 11.4 Å². The predicted molar refractivity (Wildman–Crippen MR) is 144 cm³/mol. The number of benzene rings is 3. The third-order valence-corrected chi connectivity index (χ3v) is 6.55. The Kier molecular flexibility index (Phi) is 7.65. The Balaban J connectivity index is 1.36. The van der Waals surface area contributed by atoms with Gasteiger partial charge in [-0.25, -0.2) is 4.79 Å². The third kappa shape index (κ3) is 6.16. The van der Waals surface area contributed by atoms with Crippen LogP contribution in [0.5, 0.6) is 0 Å². The van der Waals surface area contributed by atoms with Gasteiger partial charge in [-0.05, 0) is 67.1 Å². The lowest BCUT2D eigenvalue weighted by Gasteiger charge is -2.14. The van der Waals surface area contributed by atoms with Crippen molar-refractivity contribution in [3.8, 4) is 0 Å². The summed E-state index contributed by atoms with van der Waals surface area (Å²) in [4.78, 5) is 39.1. The standard InChI is InChI=1S/C26H19ClN2O4S2/c1-16-2-10-20(11-3-16)28-23(30)15-33-25(32)18-6-4-17(5-7-18)14-22-24(31)29(26(34)35-22)21-12-8-19(27)9-13-21/h2-14H,15H2,1H3,(H,28,30)/b22-14+. The number of hydrogen-bond acceptors (Lipinski definition) is 6. The first kappa shape index (κ1) is 24.7. The van der Waals surface area contributed by atoms with Gasteiger partial charge in [0, 0.05) is 10.7 Å². The summed E-state index contributed by atoms with van der Waals surface area (Å²) in [5, 5.41) is 3.24. The van der Waals surface area contributed by atoms with Crippen molar-refractivity contribution in [2.45, 2.75) is 6.92 Å². The highest BCUT2D eigenvalue weighted by Crippen LogP contribution is 2.36. The Bertz CT molecular complexity index is 1320. The first-order valence-corrected chi connectivity index (χ1v) is 12.1. The number of halogens is 1. The van der Waals surface area contributed by atoms with Crippen LogP contribution in [0.15, 0.2) is 77.7 Å². The van der Waals surface area contributed by atoms with Crippen molar-refractivity contribution in [2.24, 2.45) is 0 Å². The first-order chi connectivity index (χ1) is 16.8. The van der Waals surface area contributed by atoms with Crippen LogP contribution < -0.4 is 10.2 Å². The molecule has 0 atom stereocenters. The van der Waals surface area contributed by atoms with Crippen molar-refractivity contribution in [3.05, 3.63) is 99.4 Å². The minimum Gasteiger partial charge on any atom is -0.452 e. The molecule has 1 aliphatic rings. The molecule has 1 saturated heterocycles. The van der Waals surface area contributed by atoms with E-state index in [0.717, 1.165) is 11.1 Å². The molecule has 176 valence electrons. The molecule has 1 N–H and O–H groups in total. The number of carbonyl (C=O) groups is 3. The molecule has 0 unspecified atom stereocenters. The number of rotatable bonds is 6. The Morgan fingerprint density at radius 3 is 2.34 bits per heavy atom. The van der Waals surface area contributed by atoms with E-state index in [-0.39, 0.29) is 5.91 Å². The molecule has 4 rings (SSSR count). The zero-order chi connectivity index (χ0) is 24.9.